The number of carbonyl (C=O) groups excluding carboxylic acids is 1. The van der Waals surface area contributed by atoms with Gasteiger partial charge < -0.3 is 9.84 Å². The highest BCUT2D eigenvalue weighted by atomic mass is 16.6. The second kappa shape index (κ2) is 3.95. The molecule has 0 radical (unpaired) electrons. The summed E-state index contributed by atoms with van der Waals surface area (Å²) in [4.78, 5) is 11.8. The number of aliphatic hydroxyl groups excluding tert-OH is 1. The first-order valence-electron chi connectivity index (χ1n) is 6.75. The fourth-order valence-electron chi connectivity index (χ4n) is 3.96. The lowest BCUT2D eigenvalue weighted by atomic mass is 9.80. The summed E-state index contributed by atoms with van der Waals surface area (Å²) in [7, 11) is 0. The summed E-state index contributed by atoms with van der Waals surface area (Å²) in [6.07, 6.45) is 2.03. The summed E-state index contributed by atoms with van der Waals surface area (Å²) < 4.78 is 5.59. The molecule has 1 N–H and O–H groups in total. The van der Waals surface area contributed by atoms with Gasteiger partial charge in [0, 0.05) is 11.8 Å². The molecule has 3 rings (SSSR count). The van der Waals surface area contributed by atoms with E-state index in [2.05, 4.69) is 13.2 Å². The van der Waals surface area contributed by atoms with Crippen molar-refractivity contribution in [1.82, 2.24) is 0 Å². The Kier molecular flexibility index (Phi) is 2.63. The zero-order valence-electron chi connectivity index (χ0n) is 10.8. The van der Waals surface area contributed by atoms with Gasteiger partial charge >= 0.3 is 5.97 Å². The molecule has 3 heteroatoms. The molecule has 6 atom stereocenters. The van der Waals surface area contributed by atoms with Gasteiger partial charge in [-0.15, -0.1) is 0 Å². The van der Waals surface area contributed by atoms with Gasteiger partial charge in [0.2, 0.25) is 0 Å². The summed E-state index contributed by atoms with van der Waals surface area (Å²) in [6.45, 7) is 10.1. The van der Waals surface area contributed by atoms with E-state index in [1.165, 1.54) is 5.57 Å². The maximum atomic E-state index is 11.8. The van der Waals surface area contributed by atoms with Crippen LogP contribution in [0.15, 0.2) is 24.3 Å². The maximum Gasteiger partial charge on any atom is 0.309 e. The maximum absolute atomic E-state index is 11.8. The van der Waals surface area contributed by atoms with Crippen LogP contribution in [0.4, 0.5) is 0 Å². The van der Waals surface area contributed by atoms with Crippen LogP contribution in [0.3, 0.4) is 0 Å². The smallest absolute Gasteiger partial charge is 0.309 e. The number of aliphatic hydroxyl groups is 1. The Hall–Kier alpha value is -1.09. The fraction of sp³-hybridized carbons (Fsp3) is 0.667. The predicted molar refractivity (Wildman–Crippen MR) is 67.7 cm³/mol. The van der Waals surface area contributed by atoms with E-state index in [0.717, 1.165) is 18.4 Å². The van der Waals surface area contributed by atoms with E-state index in [1.54, 1.807) is 0 Å². The lowest BCUT2D eigenvalue weighted by Crippen LogP contribution is -2.29. The van der Waals surface area contributed by atoms with Crippen molar-refractivity contribution in [2.75, 3.05) is 0 Å². The van der Waals surface area contributed by atoms with Crippen LogP contribution in [0.25, 0.3) is 0 Å². The molecule has 18 heavy (non-hydrogen) atoms. The van der Waals surface area contributed by atoms with Crippen LogP contribution in [0, 0.1) is 23.7 Å². The van der Waals surface area contributed by atoms with E-state index in [0.29, 0.717) is 6.42 Å². The molecule has 98 valence electrons. The van der Waals surface area contributed by atoms with Crippen LogP contribution in [0.2, 0.25) is 0 Å². The zero-order chi connectivity index (χ0) is 13.0. The summed E-state index contributed by atoms with van der Waals surface area (Å²) in [5.74, 6) is 0.443. The molecule has 1 heterocycles. The zero-order valence-corrected chi connectivity index (χ0v) is 10.8. The Morgan fingerprint density at radius 2 is 2.11 bits per heavy atom. The van der Waals surface area contributed by atoms with Gasteiger partial charge in [0.15, 0.2) is 0 Å². The third kappa shape index (κ3) is 1.50. The molecule has 3 nitrogen and oxygen atoms in total. The van der Waals surface area contributed by atoms with E-state index < -0.39 is 6.10 Å². The third-order valence-corrected chi connectivity index (χ3v) is 5.13. The Bertz CT molecular complexity index is 425. The number of hydrogen-bond acceptors (Lipinski definition) is 3. The van der Waals surface area contributed by atoms with E-state index in [1.807, 2.05) is 6.92 Å². The molecule has 2 aliphatic carbocycles. The van der Waals surface area contributed by atoms with Crippen molar-refractivity contribution in [2.24, 2.45) is 23.7 Å². The van der Waals surface area contributed by atoms with Gasteiger partial charge in [0.25, 0.3) is 0 Å². The van der Waals surface area contributed by atoms with Gasteiger partial charge in [0.05, 0.1) is 12.0 Å². The molecule has 1 saturated heterocycles. The van der Waals surface area contributed by atoms with Crippen molar-refractivity contribution in [3.63, 3.8) is 0 Å². The van der Waals surface area contributed by atoms with Crippen molar-refractivity contribution in [1.29, 1.82) is 0 Å². The molecule has 1 aliphatic heterocycles. The Morgan fingerprint density at radius 3 is 2.83 bits per heavy atom. The molecule has 3 fully saturated rings. The minimum atomic E-state index is -0.467. The number of carbonyl (C=O) groups is 1. The largest absolute Gasteiger partial charge is 0.461 e. The molecule has 2 saturated carbocycles. The molecule has 0 aromatic heterocycles. The highest BCUT2D eigenvalue weighted by Crippen LogP contribution is 2.52. The van der Waals surface area contributed by atoms with Crippen molar-refractivity contribution < 1.29 is 14.6 Å². The molecule has 0 amide bonds. The lowest BCUT2D eigenvalue weighted by Gasteiger charge is -2.26. The quantitative estimate of drug-likeness (QED) is 0.527. The number of rotatable bonds is 0. The Morgan fingerprint density at radius 1 is 1.39 bits per heavy atom. The number of hydrogen-bond donors (Lipinski definition) is 1. The molecule has 0 bridgehead atoms. The average Bonchev–Trinajstić information content (AvgIpc) is 2.72. The lowest BCUT2D eigenvalue weighted by molar-refractivity contribution is -0.145. The van der Waals surface area contributed by atoms with Crippen molar-refractivity contribution in [3.05, 3.63) is 24.3 Å². The highest BCUT2D eigenvalue weighted by molar-refractivity contribution is 5.75. The number of ether oxygens (including phenoxy) is 1. The number of allylic oxidation sites excluding steroid dienone is 1. The summed E-state index contributed by atoms with van der Waals surface area (Å²) in [6, 6.07) is 0. The van der Waals surface area contributed by atoms with Gasteiger partial charge in [-0.2, -0.15) is 0 Å². The standard InChI is InChI=1S/C15H20O3/c1-7-4-5-10-8(2)15(17)18-14(10)13-9(3)12(16)6-11(7)13/h8,10-14,16H,1,3-6H2,2H3/t8-,10-,11+,12-,13-,14-/m0/s1. The molecule has 0 spiro atoms. The van der Waals surface area contributed by atoms with Crippen LogP contribution in [-0.2, 0) is 9.53 Å². The molecule has 3 aliphatic rings. The Labute approximate surface area is 108 Å². The fourth-order valence-corrected chi connectivity index (χ4v) is 3.96. The number of fused-ring (bicyclic) bond motifs is 3. The molecular formula is C15H20O3. The van der Waals surface area contributed by atoms with Gasteiger partial charge in [0.1, 0.15) is 6.10 Å². The first kappa shape index (κ1) is 12.0. The average molecular weight is 248 g/mol. The molecular weight excluding hydrogens is 228 g/mol. The molecule has 0 aromatic rings. The van der Waals surface area contributed by atoms with E-state index in [9.17, 15) is 9.90 Å². The second-order valence-electron chi connectivity index (χ2n) is 6.01. The minimum Gasteiger partial charge on any atom is -0.461 e. The highest BCUT2D eigenvalue weighted by Gasteiger charge is 2.53. The van der Waals surface area contributed by atoms with Crippen molar-refractivity contribution in [3.8, 4) is 0 Å². The van der Waals surface area contributed by atoms with Gasteiger partial charge in [-0.25, -0.2) is 0 Å². The van der Waals surface area contributed by atoms with Gasteiger partial charge in [-0.3, -0.25) is 4.79 Å². The molecule has 0 aromatic carbocycles. The van der Waals surface area contributed by atoms with E-state index >= 15 is 0 Å². The third-order valence-electron chi connectivity index (χ3n) is 5.13. The molecule has 0 unspecified atom stereocenters. The van der Waals surface area contributed by atoms with Gasteiger partial charge in [-0.05, 0) is 30.8 Å². The normalized spacial score (nSPS) is 47.6. The topological polar surface area (TPSA) is 46.5 Å². The van der Waals surface area contributed by atoms with Crippen molar-refractivity contribution in [2.45, 2.75) is 38.4 Å². The monoisotopic (exact) mass is 248 g/mol. The second-order valence-corrected chi connectivity index (χ2v) is 6.01. The van der Waals surface area contributed by atoms with Crippen LogP contribution in [0.1, 0.15) is 26.2 Å². The number of esters is 1. The van der Waals surface area contributed by atoms with Gasteiger partial charge in [-0.1, -0.05) is 25.7 Å². The van der Waals surface area contributed by atoms with Crippen LogP contribution < -0.4 is 0 Å². The van der Waals surface area contributed by atoms with E-state index in [-0.39, 0.29) is 35.7 Å². The first-order valence-corrected chi connectivity index (χ1v) is 6.75. The van der Waals surface area contributed by atoms with Crippen LogP contribution in [0.5, 0.6) is 0 Å². The van der Waals surface area contributed by atoms with Crippen LogP contribution >= 0.6 is 0 Å². The van der Waals surface area contributed by atoms with E-state index in [4.69, 9.17) is 4.74 Å². The first-order chi connectivity index (χ1) is 8.50. The van der Waals surface area contributed by atoms with Crippen molar-refractivity contribution >= 4 is 5.97 Å². The SMILES string of the molecule is C=C1CC[C@@H]2[C@H](OC(=O)[C@H]2C)[C@H]2C(=C)[C@@H](O)C[C@H]12. The summed E-state index contributed by atoms with van der Waals surface area (Å²) in [5, 5.41) is 10.0. The minimum absolute atomic E-state index is 0.0351. The van der Waals surface area contributed by atoms with Crippen LogP contribution in [-0.4, -0.2) is 23.3 Å². The predicted octanol–water partition coefficient (Wildman–Crippen LogP) is 2.07. The Balaban J connectivity index is 1.98. The summed E-state index contributed by atoms with van der Waals surface area (Å²) in [5.41, 5.74) is 2.02. The summed E-state index contributed by atoms with van der Waals surface area (Å²) >= 11 is 0.